The predicted molar refractivity (Wildman–Crippen MR) is 82.4 cm³/mol. The Morgan fingerprint density at radius 2 is 1.75 bits per heavy atom. The summed E-state index contributed by atoms with van der Waals surface area (Å²) in [7, 11) is 0. The third-order valence-electron chi connectivity index (χ3n) is 4.05. The van der Waals surface area contributed by atoms with Gasteiger partial charge >= 0.3 is 0 Å². The molecule has 1 fully saturated rings. The zero-order valence-electron chi connectivity index (χ0n) is 13.4. The van der Waals surface area contributed by atoms with Crippen molar-refractivity contribution in [1.29, 1.82) is 0 Å². The van der Waals surface area contributed by atoms with Crippen molar-refractivity contribution in [1.82, 2.24) is 5.32 Å². The molecular weight excluding hydrogens is 250 g/mol. The summed E-state index contributed by atoms with van der Waals surface area (Å²) >= 11 is 0. The molecule has 1 aliphatic rings. The molecule has 1 atom stereocenters. The lowest BCUT2D eigenvalue weighted by Gasteiger charge is -2.31. The van der Waals surface area contributed by atoms with Crippen LogP contribution in [0.4, 0.5) is 0 Å². The maximum absolute atomic E-state index is 12.2. The summed E-state index contributed by atoms with van der Waals surface area (Å²) < 4.78 is 0. The molecule has 0 aromatic heterocycles. The van der Waals surface area contributed by atoms with Crippen molar-refractivity contribution in [2.75, 3.05) is 0 Å². The second-order valence-corrected chi connectivity index (χ2v) is 7.22. The molecule has 0 aromatic rings. The SMILES string of the molecule is C=C(C)C(=O)C(NC(=O)CC1CCCCC1)C(C)(C)C. The number of ketones is 1. The van der Waals surface area contributed by atoms with Gasteiger partial charge in [-0.3, -0.25) is 9.59 Å². The van der Waals surface area contributed by atoms with E-state index in [1.54, 1.807) is 6.92 Å². The standard InChI is InChI=1S/C17H29NO2/c1-12(2)15(20)16(17(3,4)5)18-14(19)11-13-9-7-6-8-10-13/h13,16H,1,6-11H2,2-5H3,(H,18,19). The zero-order chi connectivity index (χ0) is 15.3. The first-order chi connectivity index (χ1) is 9.21. The second kappa shape index (κ2) is 7.05. The molecule has 1 aliphatic carbocycles. The molecule has 3 nitrogen and oxygen atoms in total. The van der Waals surface area contributed by atoms with Gasteiger partial charge in [0.25, 0.3) is 0 Å². The Morgan fingerprint density at radius 1 is 1.20 bits per heavy atom. The lowest BCUT2D eigenvalue weighted by Crippen LogP contribution is -2.49. The van der Waals surface area contributed by atoms with Crippen LogP contribution < -0.4 is 5.32 Å². The van der Waals surface area contributed by atoms with E-state index in [0.29, 0.717) is 17.9 Å². The number of nitrogens with one attached hydrogen (secondary N) is 1. The van der Waals surface area contributed by atoms with E-state index in [9.17, 15) is 9.59 Å². The molecule has 0 aliphatic heterocycles. The van der Waals surface area contributed by atoms with Gasteiger partial charge in [0, 0.05) is 6.42 Å². The van der Waals surface area contributed by atoms with Crippen LogP contribution in [-0.4, -0.2) is 17.7 Å². The van der Waals surface area contributed by atoms with Crippen LogP contribution in [0.1, 0.15) is 66.2 Å². The van der Waals surface area contributed by atoms with E-state index in [4.69, 9.17) is 0 Å². The smallest absolute Gasteiger partial charge is 0.220 e. The van der Waals surface area contributed by atoms with E-state index < -0.39 is 6.04 Å². The number of hydrogen-bond acceptors (Lipinski definition) is 2. The largest absolute Gasteiger partial charge is 0.345 e. The fourth-order valence-electron chi connectivity index (χ4n) is 2.80. The number of amides is 1. The topological polar surface area (TPSA) is 46.2 Å². The Hall–Kier alpha value is -1.12. The molecule has 0 saturated heterocycles. The Bertz CT molecular complexity index is 373. The molecule has 0 heterocycles. The van der Waals surface area contributed by atoms with Crippen molar-refractivity contribution in [2.24, 2.45) is 11.3 Å². The van der Waals surface area contributed by atoms with Crippen molar-refractivity contribution in [3.8, 4) is 0 Å². The van der Waals surface area contributed by atoms with Gasteiger partial charge in [0.05, 0.1) is 6.04 Å². The van der Waals surface area contributed by atoms with Gasteiger partial charge in [-0.1, -0.05) is 46.6 Å². The first-order valence-corrected chi connectivity index (χ1v) is 7.71. The van der Waals surface area contributed by atoms with Gasteiger partial charge in [-0.2, -0.15) is 0 Å². The molecule has 0 bridgehead atoms. The average Bonchev–Trinajstić information content (AvgIpc) is 2.35. The van der Waals surface area contributed by atoms with E-state index >= 15 is 0 Å². The highest BCUT2D eigenvalue weighted by atomic mass is 16.2. The first-order valence-electron chi connectivity index (χ1n) is 7.71. The van der Waals surface area contributed by atoms with Crippen LogP contribution in [0.15, 0.2) is 12.2 Å². The molecule has 1 N–H and O–H groups in total. The molecular formula is C17H29NO2. The van der Waals surface area contributed by atoms with Crippen LogP contribution >= 0.6 is 0 Å². The summed E-state index contributed by atoms with van der Waals surface area (Å²) in [4.78, 5) is 24.4. The summed E-state index contributed by atoms with van der Waals surface area (Å²) in [6, 6.07) is -0.476. The van der Waals surface area contributed by atoms with E-state index in [1.807, 2.05) is 20.8 Å². The maximum Gasteiger partial charge on any atom is 0.220 e. The normalized spacial score (nSPS) is 18.4. The van der Waals surface area contributed by atoms with Crippen LogP contribution in [0.3, 0.4) is 0 Å². The average molecular weight is 279 g/mol. The van der Waals surface area contributed by atoms with Crippen molar-refractivity contribution in [2.45, 2.75) is 72.3 Å². The number of hydrogen-bond donors (Lipinski definition) is 1. The van der Waals surface area contributed by atoms with Gasteiger partial charge in [-0.15, -0.1) is 0 Å². The van der Waals surface area contributed by atoms with Crippen molar-refractivity contribution in [3.05, 3.63) is 12.2 Å². The Balaban J connectivity index is 2.62. The Labute approximate surface area is 123 Å². The minimum absolute atomic E-state index is 0.00595. The Kier molecular flexibility index (Phi) is 5.97. The Morgan fingerprint density at radius 3 is 2.20 bits per heavy atom. The molecule has 0 radical (unpaired) electrons. The monoisotopic (exact) mass is 279 g/mol. The van der Waals surface area contributed by atoms with Gasteiger partial charge < -0.3 is 5.32 Å². The summed E-state index contributed by atoms with van der Waals surface area (Å²) in [5.41, 5.74) is 0.209. The van der Waals surface area contributed by atoms with Crippen LogP contribution in [0.5, 0.6) is 0 Å². The lowest BCUT2D eigenvalue weighted by molar-refractivity contribution is -0.129. The third-order valence-corrected chi connectivity index (χ3v) is 4.05. The molecule has 0 aromatic carbocycles. The number of carbonyl (C=O) groups excluding carboxylic acids is 2. The molecule has 1 amide bonds. The zero-order valence-corrected chi connectivity index (χ0v) is 13.4. The van der Waals surface area contributed by atoms with Gasteiger partial charge in [0.1, 0.15) is 0 Å². The number of Topliss-reactive ketones (excluding diaryl/α,β-unsaturated/α-hetero) is 1. The predicted octanol–water partition coefficient (Wildman–Crippen LogP) is 3.63. The third kappa shape index (κ3) is 5.10. The first kappa shape index (κ1) is 16.9. The number of rotatable bonds is 5. The molecule has 20 heavy (non-hydrogen) atoms. The van der Waals surface area contributed by atoms with Crippen LogP contribution in [0.2, 0.25) is 0 Å². The highest BCUT2D eigenvalue weighted by molar-refractivity contribution is 6.00. The minimum atomic E-state index is -0.476. The van der Waals surface area contributed by atoms with Gasteiger partial charge in [0.15, 0.2) is 5.78 Å². The van der Waals surface area contributed by atoms with Gasteiger partial charge in [-0.25, -0.2) is 0 Å². The van der Waals surface area contributed by atoms with Crippen LogP contribution in [-0.2, 0) is 9.59 Å². The molecule has 0 spiro atoms. The molecule has 1 saturated carbocycles. The molecule has 1 rings (SSSR count). The van der Waals surface area contributed by atoms with E-state index in [2.05, 4.69) is 11.9 Å². The number of carbonyl (C=O) groups is 2. The quantitative estimate of drug-likeness (QED) is 0.781. The van der Waals surface area contributed by atoms with Crippen molar-refractivity contribution < 1.29 is 9.59 Å². The van der Waals surface area contributed by atoms with Crippen LogP contribution in [0, 0.1) is 11.3 Å². The summed E-state index contributed by atoms with van der Waals surface area (Å²) in [5, 5.41) is 2.94. The highest BCUT2D eigenvalue weighted by Gasteiger charge is 2.33. The van der Waals surface area contributed by atoms with E-state index in [1.165, 1.54) is 19.3 Å². The van der Waals surface area contributed by atoms with Gasteiger partial charge in [0.2, 0.25) is 5.91 Å². The summed E-state index contributed by atoms with van der Waals surface area (Å²) in [5.74, 6) is 0.435. The summed E-state index contributed by atoms with van der Waals surface area (Å²) in [6.45, 7) is 11.3. The fraction of sp³-hybridized carbons (Fsp3) is 0.765. The molecule has 3 heteroatoms. The van der Waals surface area contributed by atoms with E-state index in [0.717, 1.165) is 12.8 Å². The van der Waals surface area contributed by atoms with Crippen molar-refractivity contribution >= 4 is 11.7 Å². The summed E-state index contributed by atoms with van der Waals surface area (Å²) in [6.07, 6.45) is 6.58. The second-order valence-electron chi connectivity index (χ2n) is 7.22. The fourth-order valence-corrected chi connectivity index (χ4v) is 2.80. The highest BCUT2D eigenvalue weighted by Crippen LogP contribution is 2.27. The minimum Gasteiger partial charge on any atom is -0.345 e. The van der Waals surface area contributed by atoms with Gasteiger partial charge in [-0.05, 0) is 36.7 Å². The van der Waals surface area contributed by atoms with Crippen LogP contribution in [0.25, 0.3) is 0 Å². The molecule has 1 unspecified atom stereocenters. The van der Waals surface area contributed by atoms with Crippen molar-refractivity contribution in [3.63, 3.8) is 0 Å². The lowest BCUT2D eigenvalue weighted by atomic mass is 9.81. The maximum atomic E-state index is 12.2. The molecule has 114 valence electrons. The van der Waals surface area contributed by atoms with E-state index in [-0.39, 0.29) is 17.1 Å².